The van der Waals surface area contributed by atoms with Crippen molar-refractivity contribution < 1.29 is 9.90 Å². The topological polar surface area (TPSA) is 63.1 Å². The van der Waals surface area contributed by atoms with Gasteiger partial charge in [0, 0.05) is 11.1 Å². The van der Waals surface area contributed by atoms with Gasteiger partial charge in [0.15, 0.2) is 0 Å². The first kappa shape index (κ1) is 11.3. The molecule has 2 aromatic rings. The second-order valence-corrected chi connectivity index (χ2v) is 5.41. The van der Waals surface area contributed by atoms with Crippen LogP contribution in [0.2, 0.25) is 0 Å². The minimum absolute atomic E-state index is 0.258. The molecule has 0 atom stereocenters. The van der Waals surface area contributed by atoms with Crippen LogP contribution in [-0.2, 0) is 12.8 Å². The molecule has 0 spiro atoms. The van der Waals surface area contributed by atoms with Crippen LogP contribution in [0.4, 0.5) is 0 Å². The van der Waals surface area contributed by atoms with Crippen molar-refractivity contribution >= 4 is 17.3 Å². The monoisotopic (exact) mass is 260 g/mol. The van der Waals surface area contributed by atoms with Gasteiger partial charge in [-0.2, -0.15) is 0 Å². The summed E-state index contributed by atoms with van der Waals surface area (Å²) in [5, 5.41) is 9.81. The second kappa shape index (κ2) is 4.49. The molecule has 3 rings (SSSR count). The van der Waals surface area contributed by atoms with Crippen molar-refractivity contribution in [2.75, 3.05) is 0 Å². The number of aryl methyl sites for hydroxylation is 2. The first-order chi connectivity index (χ1) is 8.74. The minimum Gasteiger partial charge on any atom is -0.478 e. The van der Waals surface area contributed by atoms with Gasteiger partial charge in [-0.1, -0.05) is 0 Å². The molecule has 92 valence electrons. The summed E-state index contributed by atoms with van der Waals surface area (Å²) in [6.45, 7) is 0. The molecule has 0 saturated carbocycles. The summed E-state index contributed by atoms with van der Waals surface area (Å²) in [4.78, 5) is 21.1. The number of hydrogen-bond acceptors (Lipinski definition) is 4. The molecule has 1 aliphatic rings. The van der Waals surface area contributed by atoms with E-state index in [-0.39, 0.29) is 5.56 Å². The number of aromatic carboxylic acids is 1. The highest BCUT2D eigenvalue weighted by Crippen LogP contribution is 2.31. The third-order valence-corrected chi connectivity index (χ3v) is 4.25. The zero-order chi connectivity index (χ0) is 12.5. The van der Waals surface area contributed by atoms with Crippen molar-refractivity contribution in [2.24, 2.45) is 0 Å². The van der Waals surface area contributed by atoms with E-state index in [2.05, 4.69) is 9.97 Å². The number of hydrogen-bond donors (Lipinski definition) is 1. The molecule has 5 heteroatoms. The van der Waals surface area contributed by atoms with E-state index in [1.165, 1.54) is 35.7 Å². The van der Waals surface area contributed by atoms with Gasteiger partial charge in [-0.15, -0.1) is 11.3 Å². The Morgan fingerprint density at radius 1 is 1.33 bits per heavy atom. The Kier molecular flexibility index (Phi) is 2.83. The van der Waals surface area contributed by atoms with Gasteiger partial charge < -0.3 is 5.11 Å². The molecule has 18 heavy (non-hydrogen) atoms. The van der Waals surface area contributed by atoms with E-state index >= 15 is 0 Å². The first-order valence-corrected chi connectivity index (χ1v) is 6.74. The van der Waals surface area contributed by atoms with Crippen molar-refractivity contribution in [3.63, 3.8) is 0 Å². The maximum atomic E-state index is 10.9. The highest BCUT2D eigenvalue weighted by atomic mass is 32.1. The number of pyridine rings is 1. The van der Waals surface area contributed by atoms with E-state index in [1.807, 2.05) is 0 Å². The van der Waals surface area contributed by atoms with Gasteiger partial charge in [0.2, 0.25) is 0 Å². The molecule has 0 aliphatic heterocycles. The molecule has 1 aliphatic carbocycles. The number of carboxylic acid groups (broad SMARTS) is 1. The Bertz CT molecular complexity index is 583. The smallest absolute Gasteiger partial charge is 0.335 e. The first-order valence-electron chi connectivity index (χ1n) is 5.92. The Morgan fingerprint density at radius 2 is 2.17 bits per heavy atom. The predicted molar refractivity (Wildman–Crippen MR) is 68.9 cm³/mol. The van der Waals surface area contributed by atoms with E-state index in [0.717, 1.165) is 17.8 Å². The summed E-state index contributed by atoms with van der Waals surface area (Å²) in [6, 6.07) is 3.09. The molecule has 0 radical (unpaired) electrons. The van der Waals surface area contributed by atoms with Crippen molar-refractivity contribution in [1.82, 2.24) is 9.97 Å². The average Bonchev–Trinajstić information content (AvgIpc) is 2.82. The van der Waals surface area contributed by atoms with Gasteiger partial charge in [0.05, 0.1) is 17.0 Å². The van der Waals surface area contributed by atoms with Crippen LogP contribution in [0.1, 0.15) is 33.8 Å². The third-order valence-electron chi connectivity index (χ3n) is 3.07. The van der Waals surface area contributed by atoms with Gasteiger partial charge in [-0.3, -0.25) is 4.98 Å². The number of aromatic nitrogens is 2. The maximum Gasteiger partial charge on any atom is 0.335 e. The van der Waals surface area contributed by atoms with E-state index < -0.39 is 5.97 Å². The summed E-state index contributed by atoms with van der Waals surface area (Å²) in [7, 11) is 0. The molecule has 2 aromatic heterocycles. The van der Waals surface area contributed by atoms with Crippen molar-refractivity contribution in [3.8, 4) is 10.7 Å². The van der Waals surface area contributed by atoms with Gasteiger partial charge in [0.1, 0.15) is 5.01 Å². The van der Waals surface area contributed by atoms with Crippen LogP contribution in [0.25, 0.3) is 10.7 Å². The number of thiazole rings is 1. The zero-order valence-electron chi connectivity index (χ0n) is 9.72. The van der Waals surface area contributed by atoms with Gasteiger partial charge in [-0.05, 0) is 37.8 Å². The maximum absolute atomic E-state index is 10.9. The molecule has 1 N–H and O–H groups in total. The highest BCUT2D eigenvalue weighted by Gasteiger charge is 2.17. The SMILES string of the molecule is O=C(O)c1ccnc(-c2nc3c(s2)CCCC3)c1. The number of nitrogens with zero attached hydrogens (tertiary/aromatic N) is 2. The molecule has 0 saturated heterocycles. The summed E-state index contributed by atoms with van der Waals surface area (Å²) in [6.07, 6.45) is 6.06. The van der Waals surface area contributed by atoms with Crippen LogP contribution < -0.4 is 0 Å². The standard InChI is InChI=1S/C13H12N2O2S/c16-13(17)8-5-6-14-10(7-8)12-15-9-3-1-2-4-11(9)18-12/h5-7H,1-4H2,(H,16,17). The Labute approximate surface area is 108 Å². The Balaban J connectivity index is 2.01. The summed E-state index contributed by atoms with van der Waals surface area (Å²) in [5.41, 5.74) is 2.09. The molecule has 0 amide bonds. The fourth-order valence-electron chi connectivity index (χ4n) is 2.14. The summed E-state index contributed by atoms with van der Waals surface area (Å²) in [5.74, 6) is -0.931. The lowest BCUT2D eigenvalue weighted by Crippen LogP contribution is -1.99. The fraction of sp³-hybridized carbons (Fsp3) is 0.308. The number of fused-ring (bicyclic) bond motifs is 1. The molecule has 0 unspecified atom stereocenters. The number of rotatable bonds is 2. The lowest BCUT2D eigenvalue weighted by molar-refractivity contribution is 0.0697. The predicted octanol–water partition coefficient (Wildman–Crippen LogP) is 2.78. The summed E-state index contributed by atoms with van der Waals surface area (Å²) >= 11 is 1.64. The van der Waals surface area contributed by atoms with E-state index in [1.54, 1.807) is 17.4 Å². The lowest BCUT2D eigenvalue weighted by Gasteiger charge is -2.06. The third kappa shape index (κ3) is 2.01. The number of carbonyl (C=O) groups is 1. The fourth-order valence-corrected chi connectivity index (χ4v) is 3.26. The number of carboxylic acids is 1. The van der Waals surface area contributed by atoms with Crippen molar-refractivity contribution in [1.29, 1.82) is 0 Å². The second-order valence-electron chi connectivity index (χ2n) is 4.33. The van der Waals surface area contributed by atoms with Crippen LogP contribution in [0.3, 0.4) is 0 Å². The summed E-state index contributed by atoms with van der Waals surface area (Å²) < 4.78 is 0. The lowest BCUT2D eigenvalue weighted by atomic mass is 10.0. The van der Waals surface area contributed by atoms with Crippen LogP contribution >= 0.6 is 11.3 Å². The molecule has 4 nitrogen and oxygen atoms in total. The minimum atomic E-state index is -0.931. The highest BCUT2D eigenvalue weighted by molar-refractivity contribution is 7.15. The molecular formula is C13H12N2O2S. The van der Waals surface area contributed by atoms with Crippen molar-refractivity contribution in [2.45, 2.75) is 25.7 Å². The molecule has 0 fully saturated rings. The molecule has 0 bridgehead atoms. The largest absolute Gasteiger partial charge is 0.478 e. The van der Waals surface area contributed by atoms with Crippen LogP contribution in [0.5, 0.6) is 0 Å². The zero-order valence-corrected chi connectivity index (χ0v) is 10.5. The van der Waals surface area contributed by atoms with E-state index in [0.29, 0.717) is 5.69 Å². The normalized spacial score (nSPS) is 14.2. The quantitative estimate of drug-likeness (QED) is 0.901. The van der Waals surface area contributed by atoms with Gasteiger partial charge in [-0.25, -0.2) is 9.78 Å². The molecule has 0 aromatic carbocycles. The molecular weight excluding hydrogens is 248 g/mol. The Morgan fingerprint density at radius 3 is 2.94 bits per heavy atom. The van der Waals surface area contributed by atoms with Gasteiger partial charge >= 0.3 is 5.97 Å². The van der Waals surface area contributed by atoms with Gasteiger partial charge in [0.25, 0.3) is 0 Å². The van der Waals surface area contributed by atoms with Crippen LogP contribution in [0, 0.1) is 0 Å². The van der Waals surface area contributed by atoms with E-state index in [9.17, 15) is 4.79 Å². The van der Waals surface area contributed by atoms with Crippen LogP contribution in [0.15, 0.2) is 18.3 Å². The van der Waals surface area contributed by atoms with Crippen molar-refractivity contribution in [3.05, 3.63) is 34.5 Å². The van der Waals surface area contributed by atoms with E-state index in [4.69, 9.17) is 5.11 Å². The average molecular weight is 260 g/mol. The Hall–Kier alpha value is -1.75. The molecule has 2 heterocycles. The van der Waals surface area contributed by atoms with Crippen LogP contribution in [-0.4, -0.2) is 21.0 Å².